The van der Waals surface area contributed by atoms with Crippen LogP contribution in [0.1, 0.15) is 91.9 Å². The molecule has 2 N–H and O–H groups in total. The smallest absolute Gasteiger partial charge is 0.272 e. The number of phenolic OH excluding ortho intramolecular Hbond substituents is 1. The Morgan fingerprint density at radius 3 is 2.00 bits per heavy atom. The number of nitrogens with one attached hydrogen (secondary N) is 1. The van der Waals surface area contributed by atoms with Crippen molar-refractivity contribution >= 4 is 11.7 Å². The third kappa shape index (κ3) is 5.62. The minimum Gasteiger partial charge on any atom is -0.507 e. The summed E-state index contributed by atoms with van der Waals surface area (Å²) < 4.78 is 3.26. The SMILES string of the molecule is CC(C)(C)c1cc(C(=O)Cn2cc(C(=O)N3CCCC3)n(Cc3ccccc3)c2=N)cc(C(C)(C)C)c1O. The molecule has 0 atom stereocenters. The number of ketones is 1. The van der Waals surface area contributed by atoms with Crippen LogP contribution < -0.4 is 5.62 Å². The number of imidazole rings is 1. The molecular weight excluding hydrogens is 476 g/mol. The number of Topliss-reactive ketones (excluding diaryl/α,β-unsaturated/α-hetero) is 1. The average molecular weight is 517 g/mol. The molecular formula is C31H40N4O3. The maximum Gasteiger partial charge on any atom is 0.272 e. The molecule has 4 rings (SSSR count). The summed E-state index contributed by atoms with van der Waals surface area (Å²) in [6, 6.07) is 13.3. The van der Waals surface area contributed by atoms with Crippen LogP contribution in [0.4, 0.5) is 0 Å². The van der Waals surface area contributed by atoms with Gasteiger partial charge in [0, 0.05) is 36.0 Å². The molecule has 7 heteroatoms. The van der Waals surface area contributed by atoms with Crippen LogP contribution in [-0.4, -0.2) is 43.9 Å². The number of hydrogen-bond acceptors (Lipinski definition) is 4. The first-order valence-corrected chi connectivity index (χ1v) is 13.4. The highest BCUT2D eigenvalue weighted by Gasteiger charge is 2.29. The van der Waals surface area contributed by atoms with Crippen molar-refractivity contribution in [2.24, 2.45) is 0 Å². The Morgan fingerprint density at radius 1 is 0.921 bits per heavy atom. The third-order valence-electron chi connectivity index (χ3n) is 7.25. The van der Waals surface area contributed by atoms with E-state index in [-0.39, 0.29) is 40.4 Å². The third-order valence-corrected chi connectivity index (χ3v) is 7.25. The van der Waals surface area contributed by atoms with Crippen LogP contribution in [0, 0.1) is 5.41 Å². The number of carbonyl (C=O) groups is 2. The second-order valence-electron chi connectivity index (χ2n) is 12.4. The minimum atomic E-state index is -0.359. The van der Waals surface area contributed by atoms with Crippen LogP contribution >= 0.6 is 0 Å². The number of amides is 1. The molecule has 1 aliphatic rings. The van der Waals surface area contributed by atoms with Gasteiger partial charge in [-0.15, -0.1) is 0 Å². The lowest BCUT2D eigenvalue weighted by Gasteiger charge is -2.28. The molecule has 0 bridgehead atoms. The number of hydrogen-bond donors (Lipinski definition) is 2. The fourth-order valence-corrected chi connectivity index (χ4v) is 5.03. The molecule has 7 nitrogen and oxygen atoms in total. The van der Waals surface area contributed by atoms with Gasteiger partial charge in [-0.2, -0.15) is 0 Å². The van der Waals surface area contributed by atoms with Gasteiger partial charge in [0.2, 0.25) is 5.62 Å². The Bertz CT molecular complexity index is 1360. The quantitative estimate of drug-likeness (QED) is 0.439. The molecule has 1 aliphatic heterocycles. The number of carbonyl (C=O) groups excluding carboxylic acids is 2. The molecule has 0 aliphatic carbocycles. The van der Waals surface area contributed by atoms with Crippen molar-refractivity contribution in [3.63, 3.8) is 0 Å². The summed E-state index contributed by atoms with van der Waals surface area (Å²) in [6.45, 7) is 13.8. The zero-order valence-corrected chi connectivity index (χ0v) is 23.5. The summed E-state index contributed by atoms with van der Waals surface area (Å²) in [5.41, 5.74) is 2.72. The number of benzene rings is 2. The maximum absolute atomic E-state index is 13.7. The standard InChI is InChI=1S/C31H40N4O3/c1-30(2,3)23-16-22(17-24(27(23)37)31(4,5)6)26(36)20-34-19-25(28(38)33-14-10-11-15-33)35(29(34)32)18-21-12-8-7-9-13-21/h7-9,12-13,16-17,19,32,37H,10-11,14-15,18,20H2,1-6H3. The molecule has 1 saturated heterocycles. The predicted molar refractivity (Wildman–Crippen MR) is 149 cm³/mol. The van der Waals surface area contributed by atoms with Gasteiger partial charge in [-0.25, -0.2) is 0 Å². The van der Waals surface area contributed by atoms with Crippen LogP contribution in [0.5, 0.6) is 5.75 Å². The van der Waals surface area contributed by atoms with Crippen LogP contribution in [-0.2, 0) is 23.9 Å². The first-order chi connectivity index (χ1) is 17.8. The van der Waals surface area contributed by atoms with E-state index in [2.05, 4.69) is 0 Å². The molecule has 0 spiro atoms. The van der Waals surface area contributed by atoms with Gasteiger partial charge in [0.1, 0.15) is 11.4 Å². The summed E-state index contributed by atoms with van der Waals surface area (Å²) >= 11 is 0. The summed E-state index contributed by atoms with van der Waals surface area (Å²) in [6.07, 6.45) is 3.61. The summed E-state index contributed by atoms with van der Waals surface area (Å²) in [5.74, 6) is -0.0489. The number of aromatic nitrogens is 2. The second-order valence-corrected chi connectivity index (χ2v) is 12.4. The van der Waals surface area contributed by atoms with Crippen molar-refractivity contribution in [1.82, 2.24) is 14.0 Å². The lowest BCUT2D eigenvalue weighted by atomic mass is 9.78. The Labute approximate surface area is 225 Å². The highest BCUT2D eigenvalue weighted by atomic mass is 16.3. The molecule has 0 radical (unpaired) electrons. The van der Waals surface area contributed by atoms with E-state index in [0.717, 1.165) is 29.5 Å². The molecule has 1 fully saturated rings. The zero-order chi connectivity index (χ0) is 27.8. The van der Waals surface area contributed by atoms with Gasteiger partial charge < -0.3 is 19.1 Å². The zero-order valence-electron chi connectivity index (χ0n) is 23.5. The Morgan fingerprint density at radius 2 is 1.47 bits per heavy atom. The van der Waals surface area contributed by atoms with Crippen molar-refractivity contribution in [2.45, 2.75) is 78.3 Å². The van der Waals surface area contributed by atoms with Gasteiger partial charge in [0.25, 0.3) is 5.91 Å². The van der Waals surface area contributed by atoms with Crippen LogP contribution in [0.2, 0.25) is 0 Å². The van der Waals surface area contributed by atoms with Crippen molar-refractivity contribution in [3.05, 3.63) is 82.2 Å². The fraction of sp³-hybridized carbons (Fsp3) is 0.452. The van der Waals surface area contributed by atoms with Crippen LogP contribution in [0.25, 0.3) is 0 Å². The number of likely N-dealkylation sites (tertiary alicyclic amines) is 1. The highest BCUT2D eigenvalue weighted by Crippen LogP contribution is 2.40. The number of aromatic hydroxyl groups is 1. The van der Waals surface area contributed by atoms with E-state index in [4.69, 9.17) is 5.41 Å². The molecule has 0 unspecified atom stereocenters. The second kappa shape index (κ2) is 10.3. The van der Waals surface area contributed by atoms with Gasteiger partial charge in [0.05, 0.1) is 13.1 Å². The van der Waals surface area contributed by atoms with Crippen molar-refractivity contribution in [3.8, 4) is 5.75 Å². The van der Waals surface area contributed by atoms with Crippen LogP contribution in [0.15, 0.2) is 48.7 Å². The molecule has 1 amide bonds. The lowest BCUT2D eigenvalue weighted by Crippen LogP contribution is -2.33. The highest BCUT2D eigenvalue weighted by molar-refractivity contribution is 5.97. The van der Waals surface area contributed by atoms with Crippen molar-refractivity contribution in [2.75, 3.05) is 13.1 Å². The molecule has 1 aromatic heterocycles. The minimum absolute atomic E-state index is 0.0706. The number of nitrogens with zero attached hydrogens (tertiary/aromatic N) is 3. The first kappa shape index (κ1) is 27.4. The van der Waals surface area contributed by atoms with Gasteiger partial charge in [-0.1, -0.05) is 71.9 Å². The first-order valence-electron chi connectivity index (χ1n) is 13.4. The summed E-state index contributed by atoms with van der Waals surface area (Å²) in [5, 5.41) is 20.0. The Balaban J connectivity index is 1.75. The number of rotatable bonds is 6. The van der Waals surface area contributed by atoms with E-state index in [0.29, 0.717) is 30.9 Å². The van der Waals surface area contributed by atoms with E-state index in [1.54, 1.807) is 27.5 Å². The van der Waals surface area contributed by atoms with E-state index in [1.807, 2.05) is 76.8 Å². The molecule has 2 heterocycles. The van der Waals surface area contributed by atoms with E-state index in [9.17, 15) is 14.7 Å². The largest absolute Gasteiger partial charge is 0.507 e. The van der Waals surface area contributed by atoms with E-state index in [1.165, 1.54) is 0 Å². The average Bonchev–Trinajstić information content (AvgIpc) is 3.48. The molecule has 3 aromatic rings. The van der Waals surface area contributed by atoms with Gasteiger partial charge in [-0.05, 0) is 41.4 Å². The van der Waals surface area contributed by atoms with Gasteiger partial charge in [-0.3, -0.25) is 15.0 Å². The van der Waals surface area contributed by atoms with Crippen LogP contribution in [0.3, 0.4) is 0 Å². The summed E-state index contributed by atoms with van der Waals surface area (Å²) in [7, 11) is 0. The Hall–Kier alpha value is -3.61. The topological polar surface area (TPSA) is 91.3 Å². The Kier molecular flexibility index (Phi) is 7.42. The fourth-order valence-electron chi connectivity index (χ4n) is 5.03. The number of phenols is 1. The molecule has 38 heavy (non-hydrogen) atoms. The van der Waals surface area contributed by atoms with E-state index >= 15 is 0 Å². The maximum atomic E-state index is 13.7. The molecule has 202 valence electrons. The van der Waals surface area contributed by atoms with Gasteiger partial charge in [0.15, 0.2) is 5.78 Å². The molecule has 0 saturated carbocycles. The molecule has 2 aromatic carbocycles. The monoisotopic (exact) mass is 516 g/mol. The normalized spacial score (nSPS) is 14.2. The van der Waals surface area contributed by atoms with Crippen molar-refractivity contribution < 1.29 is 14.7 Å². The summed E-state index contributed by atoms with van der Waals surface area (Å²) in [4.78, 5) is 28.9. The van der Waals surface area contributed by atoms with Crippen molar-refractivity contribution in [1.29, 1.82) is 5.41 Å². The predicted octanol–water partition coefficient (Wildman–Crippen LogP) is 5.24. The van der Waals surface area contributed by atoms with Gasteiger partial charge >= 0.3 is 0 Å². The lowest BCUT2D eigenvalue weighted by molar-refractivity contribution is 0.0781. The van der Waals surface area contributed by atoms with E-state index < -0.39 is 0 Å².